The van der Waals surface area contributed by atoms with E-state index < -0.39 is 0 Å². The maximum Gasteiger partial charge on any atom is 0.0849 e. The van der Waals surface area contributed by atoms with Crippen molar-refractivity contribution in [2.75, 3.05) is 13.2 Å². The van der Waals surface area contributed by atoms with E-state index in [1.54, 1.807) is 0 Å². The van der Waals surface area contributed by atoms with E-state index in [4.69, 9.17) is 4.74 Å². The molecule has 1 aliphatic heterocycles. The highest BCUT2D eigenvalue weighted by Crippen LogP contribution is 2.38. The maximum atomic E-state index is 5.96. The van der Waals surface area contributed by atoms with Crippen LogP contribution in [-0.2, 0) is 4.74 Å². The summed E-state index contributed by atoms with van der Waals surface area (Å²) in [5, 5.41) is 5.84. The molecule has 1 aliphatic rings. The first-order chi connectivity index (χ1) is 7.65. The van der Waals surface area contributed by atoms with Gasteiger partial charge >= 0.3 is 0 Å². The Morgan fingerprint density at radius 3 is 2.94 bits per heavy atom. The highest BCUT2D eigenvalue weighted by molar-refractivity contribution is 7.10. The average molecular weight is 239 g/mol. The summed E-state index contributed by atoms with van der Waals surface area (Å²) in [6, 6.07) is 2.62. The zero-order valence-corrected chi connectivity index (χ0v) is 11.2. The van der Waals surface area contributed by atoms with Crippen LogP contribution in [0.2, 0.25) is 0 Å². The Hall–Kier alpha value is -0.380. The second-order valence-corrected chi connectivity index (χ2v) is 5.86. The third kappa shape index (κ3) is 2.31. The highest BCUT2D eigenvalue weighted by Gasteiger charge is 2.39. The maximum absolute atomic E-state index is 5.96. The third-order valence-electron chi connectivity index (χ3n) is 3.35. The smallest absolute Gasteiger partial charge is 0.0849 e. The van der Waals surface area contributed by atoms with Crippen molar-refractivity contribution in [1.29, 1.82) is 0 Å². The first-order valence-electron chi connectivity index (χ1n) is 6.08. The SMILES string of the molecule is CCNC(c1csc(C)c1)C1(C)CCCO1. The van der Waals surface area contributed by atoms with E-state index in [1.807, 2.05) is 11.3 Å². The third-order valence-corrected chi connectivity index (χ3v) is 4.23. The van der Waals surface area contributed by atoms with E-state index in [0.29, 0.717) is 6.04 Å². The van der Waals surface area contributed by atoms with Crippen molar-refractivity contribution in [3.8, 4) is 0 Å². The van der Waals surface area contributed by atoms with Gasteiger partial charge in [0.15, 0.2) is 0 Å². The predicted octanol–water partition coefficient (Wildman–Crippen LogP) is 3.28. The molecule has 2 nitrogen and oxygen atoms in total. The molecular weight excluding hydrogens is 218 g/mol. The van der Waals surface area contributed by atoms with Crippen LogP contribution in [0.5, 0.6) is 0 Å². The molecule has 16 heavy (non-hydrogen) atoms. The molecule has 2 atom stereocenters. The summed E-state index contributed by atoms with van der Waals surface area (Å²) >= 11 is 1.82. The highest BCUT2D eigenvalue weighted by atomic mass is 32.1. The number of hydrogen-bond acceptors (Lipinski definition) is 3. The lowest BCUT2D eigenvalue weighted by molar-refractivity contribution is -0.0119. The minimum atomic E-state index is -0.0243. The Labute approximate surface area is 102 Å². The van der Waals surface area contributed by atoms with E-state index in [-0.39, 0.29) is 5.60 Å². The lowest BCUT2D eigenvalue weighted by atomic mass is 9.89. The van der Waals surface area contributed by atoms with E-state index in [0.717, 1.165) is 19.6 Å². The number of thiophene rings is 1. The van der Waals surface area contributed by atoms with E-state index in [1.165, 1.54) is 16.9 Å². The van der Waals surface area contributed by atoms with Crippen molar-refractivity contribution >= 4 is 11.3 Å². The molecule has 0 aliphatic carbocycles. The zero-order valence-electron chi connectivity index (χ0n) is 10.4. The largest absolute Gasteiger partial charge is 0.373 e. The standard InChI is InChI=1S/C13H21NOS/c1-4-14-12(11-8-10(2)16-9-11)13(3)6-5-7-15-13/h8-9,12,14H,4-7H2,1-3H3. The predicted molar refractivity (Wildman–Crippen MR) is 69.1 cm³/mol. The summed E-state index contributed by atoms with van der Waals surface area (Å²) in [4.78, 5) is 1.37. The molecule has 0 radical (unpaired) electrons. The molecule has 2 heterocycles. The van der Waals surface area contributed by atoms with Gasteiger partial charge in [0.05, 0.1) is 11.6 Å². The molecule has 0 bridgehead atoms. The van der Waals surface area contributed by atoms with Crippen molar-refractivity contribution in [3.05, 3.63) is 21.9 Å². The van der Waals surface area contributed by atoms with Gasteiger partial charge in [0.2, 0.25) is 0 Å². The van der Waals surface area contributed by atoms with Crippen molar-refractivity contribution in [2.45, 2.75) is 45.3 Å². The van der Waals surface area contributed by atoms with Crippen LogP contribution in [0.3, 0.4) is 0 Å². The van der Waals surface area contributed by atoms with Crippen LogP contribution >= 0.6 is 11.3 Å². The fraction of sp³-hybridized carbons (Fsp3) is 0.692. The average Bonchev–Trinajstić information content (AvgIpc) is 2.85. The lowest BCUT2D eigenvalue weighted by Crippen LogP contribution is -2.41. The van der Waals surface area contributed by atoms with Crippen molar-refractivity contribution in [1.82, 2.24) is 5.32 Å². The van der Waals surface area contributed by atoms with Crippen LogP contribution in [0, 0.1) is 6.92 Å². The van der Waals surface area contributed by atoms with Crippen LogP contribution in [0.25, 0.3) is 0 Å². The normalized spacial score (nSPS) is 27.2. The van der Waals surface area contributed by atoms with Crippen molar-refractivity contribution in [2.24, 2.45) is 0 Å². The Morgan fingerprint density at radius 1 is 1.62 bits per heavy atom. The topological polar surface area (TPSA) is 21.3 Å². The summed E-state index contributed by atoms with van der Waals surface area (Å²) in [5.41, 5.74) is 1.36. The summed E-state index contributed by atoms with van der Waals surface area (Å²) in [5.74, 6) is 0. The molecule has 0 aromatic carbocycles. The van der Waals surface area contributed by atoms with Gasteiger partial charge in [-0.3, -0.25) is 0 Å². The van der Waals surface area contributed by atoms with Gasteiger partial charge in [0.1, 0.15) is 0 Å². The van der Waals surface area contributed by atoms with Crippen LogP contribution in [-0.4, -0.2) is 18.8 Å². The quantitative estimate of drug-likeness (QED) is 0.870. The molecule has 0 spiro atoms. The molecular formula is C13H21NOS. The van der Waals surface area contributed by atoms with Gasteiger partial charge in [0, 0.05) is 11.5 Å². The van der Waals surface area contributed by atoms with Gasteiger partial charge in [-0.15, -0.1) is 11.3 Å². The summed E-state index contributed by atoms with van der Waals surface area (Å²) in [6.45, 7) is 8.44. The van der Waals surface area contributed by atoms with E-state index in [9.17, 15) is 0 Å². The monoisotopic (exact) mass is 239 g/mol. The number of rotatable bonds is 4. The molecule has 1 aromatic heterocycles. The Kier molecular flexibility index (Phi) is 3.67. The van der Waals surface area contributed by atoms with Gasteiger partial charge in [-0.2, -0.15) is 0 Å². The summed E-state index contributed by atoms with van der Waals surface area (Å²) in [7, 11) is 0. The fourth-order valence-electron chi connectivity index (χ4n) is 2.53. The number of ether oxygens (including phenoxy) is 1. The molecule has 3 heteroatoms. The molecule has 0 saturated carbocycles. The van der Waals surface area contributed by atoms with Gasteiger partial charge in [-0.1, -0.05) is 6.92 Å². The summed E-state index contributed by atoms with van der Waals surface area (Å²) in [6.07, 6.45) is 2.33. The Balaban J connectivity index is 2.22. The van der Waals surface area contributed by atoms with Gasteiger partial charge in [-0.25, -0.2) is 0 Å². The van der Waals surface area contributed by atoms with Crippen LogP contribution in [0.4, 0.5) is 0 Å². The van der Waals surface area contributed by atoms with Crippen molar-refractivity contribution < 1.29 is 4.74 Å². The first-order valence-corrected chi connectivity index (χ1v) is 6.96. The Morgan fingerprint density at radius 2 is 2.44 bits per heavy atom. The molecule has 1 saturated heterocycles. The lowest BCUT2D eigenvalue weighted by Gasteiger charge is -2.33. The number of likely N-dealkylation sites (N-methyl/N-ethyl adjacent to an activating group) is 1. The van der Waals surface area contributed by atoms with Crippen LogP contribution in [0.15, 0.2) is 11.4 Å². The van der Waals surface area contributed by atoms with Gasteiger partial charge in [-0.05, 0) is 50.2 Å². The fourth-order valence-corrected chi connectivity index (χ4v) is 3.26. The number of aryl methyl sites for hydroxylation is 1. The minimum Gasteiger partial charge on any atom is -0.373 e. The molecule has 2 rings (SSSR count). The molecule has 1 aromatic rings. The van der Waals surface area contributed by atoms with Gasteiger partial charge < -0.3 is 10.1 Å². The van der Waals surface area contributed by atoms with Crippen LogP contribution in [0.1, 0.15) is 43.2 Å². The molecule has 2 unspecified atom stereocenters. The molecule has 90 valence electrons. The zero-order chi connectivity index (χ0) is 11.6. The van der Waals surface area contributed by atoms with E-state index in [2.05, 4.69) is 37.5 Å². The van der Waals surface area contributed by atoms with E-state index >= 15 is 0 Å². The molecule has 0 amide bonds. The van der Waals surface area contributed by atoms with Crippen molar-refractivity contribution in [3.63, 3.8) is 0 Å². The Bertz CT molecular complexity index is 341. The number of nitrogens with one attached hydrogen (secondary N) is 1. The van der Waals surface area contributed by atoms with Crippen LogP contribution < -0.4 is 5.32 Å². The summed E-state index contributed by atoms with van der Waals surface area (Å²) < 4.78 is 5.96. The van der Waals surface area contributed by atoms with Gasteiger partial charge in [0.25, 0.3) is 0 Å². The first kappa shape index (κ1) is 12.1. The second-order valence-electron chi connectivity index (χ2n) is 4.75. The minimum absolute atomic E-state index is 0.0243. The second kappa shape index (κ2) is 4.86. The number of hydrogen-bond donors (Lipinski definition) is 1. The molecule has 1 N–H and O–H groups in total. The molecule has 1 fully saturated rings.